The molecule has 1 unspecified atom stereocenters. The SMILES string of the molecule is CN1Cc2c(Cl)cc(Cl)cc2C(c2ccc(NC(=O)C3=CCC=CN3)cc2)C1. The van der Waals surface area contributed by atoms with E-state index in [1.807, 2.05) is 30.4 Å². The van der Waals surface area contributed by atoms with Gasteiger partial charge in [-0.1, -0.05) is 47.5 Å². The van der Waals surface area contributed by atoms with Crippen LogP contribution in [-0.4, -0.2) is 24.4 Å². The number of nitrogens with one attached hydrogen (secondary N) is 2. The van der Waals surface area contributed by atoms with Gasteiger partial charge in [-0.05, 0) is 60.6 Å². The van der Waals surface area contributed by atoms with E-state index < -0.39 is 0 Å². The van der Waals surface area contributed by atoms with Gasteiger partial charge in [-0.15, -0.1) is 0 Å². The smallest absolute Gasteiger partial charge is 0.271 e. The molecular weight excluding hydrogens is 393 g/mol. The molecule has 0 aromatic heterocycles. The molecule has 2 aromatic rings. The monoisotopic (exact) mass is 413 g/mol. The highest BCUT2D eigenvalue weighted by Gasteiger charge is 2.27. The Hall–Kier alpha value is -2.27. The number of allylic oxidation sites excluding steroid dienone is 2. The molecule has 2 aliphatic heterocycles. The highest BCUT2D eigenvalue weighted by atomic mass is 35.5. The van der Waals surface area contributed by atoms with Crippen LogP contribution in [0.5, 0.6) is 0 Å². The third-order valence-corrected chi connectivity index (χ3v) is 5.68. The fourth-order valence-corrected chi connectivity index (χ4v) is 4.32. The van der Waals surface area contributed by atoms with Crippen LogP contribution >= 0.6 is 23.2 Å². The third-order valence-electron chi connectivity index (χ3n) is 5.12. The van der Waals surface area contributed by atoms with Crippen LogP contribution in [0.15, 0.2) is 60.4 Å². The van der Waals surface area contributed by atoms with Crippen molar-refractivity contribution < 1.29 is 4.79 Å². The van der Waals surface area contributed by atoms with Crippen LogP contribution in [0.4, 0.5) is 5.69 Å². The van der Waals surface area contributed by atoms with Crippen LogP contribution in [0.2, 0.25) is 10.0 Å². The van der Waals surface area contributed by atoms with E-state index >= 15 is 0 Å². The zero-order valence-corrected chi connectivity index (χ0v) is 17.0. The van der Waals surface area contributed by atoms with Crippen LogP contribution in [0.3, 0.4) is 0 Å². The molecule has 0 radical (unpaired) electrons. The number of hydrogen-bond donors (Lipinski definition) is 2. The zero-order valence-electron chi connectivity index (χ0n) is 15.5. The number of anilines is 1. The molecular formula is C22H21Cl2N3O. The minimum absolute atomic E-state index is 0.140. The van der Waals surface area contributed by atoms with Gasteiger partial charge in [0.2, 0.25) is 0 Å². The lowest BCUT2D eigenvalue weighted by atomic mass is 9.84. The number of carbonyl (C=O) groups excluding carboxylic acids is 1. The number of hydrogen-bond acceptors (Lipinski definition) is 3. The number of rotatable bonds is 3. The molecule has 0 bridgehead atoms. The maximum Gasteiger partial charge on any atom is 0.271 e. The number of halogens is 2. The van der Waals surface area contributed by atoms with Crippen LogP contribution in [0.1, 0.15) is 29.0 Å². The number of nitrogens with zero attached hydrogens (tertiary/aromatic N) is 1. The lowest BCUT2D eigenvalue weighted by Gasteiger charge is -2.33. The lowest BCUT2D eigenvalue weighted by Crippen LogP contribution is -2.31. The second-order valence-electron chi connectivity index (χ2n) is 7.18. The topological polar surface area (TPSA) is 44.4 Å². The van der Waals surface area contributed by atoms with Crippen molar-refractivity contribution in [3.05, 3.63) is 87.2 Å². The molecule has 2 aromatic carbocycles. The van der Waals surface area contributed by atoms with Gasteiger partial charge in [0.05, 0.1) is 0 Å². The number of likely N-dealkylation sites (N-methyl/N-ethyl adjacent to an activating group) is 1. The third kappa shape index (κ3) is 3.95. The van der Waals surface area contributed by atoms with Gasteiger partial charge in [0, 0.05) is 34.7 Å². The molecule has 4 nitrogen and oxygen atoms in total. The fourth-order valence-electron chi connectivity index (χ4n) is 3.75. The standard InChI is InChI=1S/C22H21Cl2N3O/c1-27-12-18(17-10-15(23)11-20(24)19(17)13-27)14-5-7-16(8-6-14)26-22(28)21-4-2-3-9-25-21/h3-11,18,25H,2,12-13H2,1H3,(H,26,28). The van der Waals surface area contributed by atoms with E-state index in [0.29, 0.717) is 15.7 Å². The maximum absolute atomic E-state index is 12.3. The lowest BCUT2D eigenvalue weighted by molar-refractivity contribution is -0.113. The number of fused-ring (bicyclic) bond motifs is 1. The minimum Gasteiger partial charge on any atom is -0.358 e. The van der Waals surface area contributed by atoms with Gasteiger partial charge >= 0.3 is 0 Å². The first-order valence-corrected chi connectivity index (χ1v) is 9.96. The Bertz CT molecular complexity index is 966. The molecule has 0 saturated heterocycles. The number of dihydropyridines is 1. The summed E-state index contributed by atoms with van der Waals surface area (Å²) in [6.45, 7) is 1.70. The van der Waals surface area contributed by atoms with E-state index in [0.717, 1.165) is 30.8 Å². The summed E-state index contributed by atoms with van der Waals surface area (Å²) in [6.07, 6.45) is 6.37. The second-order valence-corrected chi connectivity index (χ2v) is 8.02. The van der Waals surface area contributed by atoms with E-state index in [9.17, 15) is 4.79 Å². The molecule has 2 aliphatic rings. The predicted molar refractivity (Wildman–Crippen MR) is 115 cm³/mol. The van der Waals surface area contributed by atoms with Gasteiger partial charge < -0.3 is 15.5 Å². The van der Waals surface area contributed by atoms with E-state index in [1.165, 1.54) is 11.1 Å². The molecule has 6 heteroatoms. The summed E-state index contributed by atoms with van der Waals surface area (Å²) in [6, 6.07) is 11.8. The Morgan fingerprint density at radius 3 is 2.71 bits per heavy atom. The highest BCUT2D eigenvalue weighted by Crippen LogP contribution is 2.38. The molecule has 0 saturated carbocycles. The van der Waals surface area contributed by atoms with E-state index in [4.69, 9.17) is 23.2 Å². The van der Waals surface area contributed by atoms with Gasteiger partial charge in [0.15, 0.2) is 0 Å². The quantitative estimate of drug-likeness (QED) is 0.751. The van der Waals surface area contributed by atoms with Crippen LogP contribution in [0.25, 0.3) is 0 Å². The Morgan fingerprint density at radius 1 is 1.21 bits per heavy atom. The average Bonchev–Trinajstić information content (AvgIpc) is 2.69. The molecule has 4 rings (SSSR count). The predicted octanol–water partition coefficient (Wildman–Crippen LogP) is 4.90. The Kier molecular flexibility index (Phi) is 5.44. The van der Waals surface area contributed by atoms with Gasteiger partial charge in [-0.3, -0.25) is 4.79 Å². The molecule has 28 heavy (non-hydrogen) atoms. The van der Waals surface area contributed by atoms with Gasteiger partial charge in [0.25, 0.3) is 5.91 Å². The maximum atomic E-state index is 12.3. The summed E-state index contributed by atoms with van der Waals surface area (Å²) in [5, 5.41) is 7.27. The summed E-state index contributed by atoms with van der Waals surface area (Å²) < 4.78 is 0. The normalized spacial score (nSPS) is 18.8. The van der Waals surface area contributed by atoms with Crippen LogP contribution in [-0.2, 0) is 11.3 Å². The van der Waals surface area contributed by atoms with E-state index in [2.05, 4.69) is 34.7 Å². The Morgan fingerprint density at radius 2 is 2.00 bits per heavy atom. The largest absolute Gasteiger partial charge is 0.358 e. The summed E-state index contributed by atoms with van der Waals surface area (Å²) in [7, 11) is 2.09. The highest BCUT2D eigenvalue weighted by molar-refractivity contribution is 6.35. The fraction of sp³-hybridized carbons (Fsp3) is 0.227. The molecule has 0 aliphatic carbocycles. The zero-order chi connectivity index (χ0) is 19.7. The number of benzene rings is 2. The molecule has 144 valence electrons. The van der Waals surface area contributed by atoms with E-state index in [-0.39, 0.29) is 11.8 Å². The average molecular weight is 414 g/mol. The Labute approximate surface area is 174 Å². The number of carbonyl (C=O) groups is 1. The minimum atomic E-state index is -0.140. The molecule has 2 heterocycles. The first-order valence-electron chi connectivity index (χ1n) is 9.20. The van der Waals surface area contributed by atoms with Crippen molar-refractivity contribution in [1.82, 2.24) is 10.2 Å². The van der Waals surface area contributed by atoms with E-state index in [1.54, 1.807) is 12.3 Å². The van der Waals surface area contributed by atoms with Crippen molar-refractivity contribution in [2.24, 2.45) is 0 Å². The summed E-state index contributed by atoms with van der Waals surface area (Å²) in [5.74, 6) is 0.0426. The Balaban J connectivity index is 1.56. The molecule has 0 spiro atoms. The first kappa shape index (κ1) is 19.1. The summed E-state index contributed by atoms with van der Waals surface area (Å²) in [4.78, 5) is 14.6. The summed E-state index contributed by atoms with van der Waals surface area (Å²) >= 11 is 12.7. The van der Waals surface area contributed by atoms with Crippen molar-refractivity contribution in [2.45, 2.75) is 18.9 Å². The van der Waals surface area contributed by atoms with Crippen molar-refractivity contribution in [3.8, 4) is 0 Å². The first-order chi connectivity index (χ1) is 13.5. The summed E-state index contributed by atoms with van der Waals surface area (Å²) in [5.41, 5.74) is 4.81. The second kappa shape index (κ2) is 8.00. The molecule has 0 fully saturated rings. The van der Waals surface area contributed by atoms with Crippen molar-refractivity contribution >= 4 is 34.8 Å². The van der Waals surface area contributed by atoms with Crippen molar-refractivity contribution in [3.63, 3.8) is 0 Å². The van der Waals surface area contributed by atoms with Gasteiger partial charge in [0.1, 0.15) is 5.70 Å². The van der Waals surface area contributed by atoms with Crippen LogP contribution in [0, 0.1) is 0 Å². The molecule has 2 N–H and O–H groups in total. The van der Waals surface area contributed by atoms with Gasteiger partial charge in [-0.2, -0.15) is 0 Å². The van der Waals surface area contributed by atoms with Crippen molar-refractivity contribution in [1.29, 1.82) is 0 Å². The molecule has 1 amide bonds. The van der Waals surface area contributed by atoms with Gasteiger partial charge in [-0.25, -0.2) is 0 Å². The molecule has 1 atom stereocenters. The van der Waals surface area contributed by atoms with Crippen molar-refractivity contribution in [2.75, 3.05) is 18.9 Å². The number of amides is 1. The van der Waals surface area contributed by atoms with Crippen LogP contribution < -0.4 is 10.6 Å².